The molecule has 1 fully saturated rings. The molecule has 0 aliphatic carbocycles. The minimum atomic E-state index is -3.03. The molecule has 4 N–H and O–H groups in total. The van der Waals surface area contributed by atoms with E-state index in [1.807, 2.05) is 0 Å². The third-order valence-electron chi connectivity index (χ3n) is 5.49. The summed E-state index contributed by atoms with van der Waals surface area (Å²) in [7, 11) is 0. The molecule has 0 radical (unpaired) electrons. The Morgan fingerprint density at radius 2 is 1.66 bits per heavy atom. The summed E-state index contributed by atoms with van der Waals surface area (Å²) >= 11 is 0. The van der Waals surface area contributed by atoms with Crippen LogP contribution in [0.4, 0.5) is 0 Å². The van der Waals surface area contributed by atoms with Crippen molar-refractivity contribution in [3.05, 3.63) is 0 Å². The van der Waals surface area contributed by atoms with Gasteiger partial charge in [-0.2, -0.15) is 0 Å². The van der Waals surface area contributed by atoms with E-state index in [1.165, 1.54) is 19.3 Å². The van der Waals surface area contributed by atoms with Crippen molar-refractivity contribution >= 4 is 23.7 Å². The zero-order chi connectivity index (χ0) is 22.0. The standard InChI is InChI=1S/C20H32O9/c1-2-3-4-5-6-7-8-9-13-12-29-15(17(13)23)10-14(18(24)25)20(28,19(26)27)11-16(21)22/h13-15,28H,2-12H2,1H3,(H,21,22)(H,24,25)(H,26,27). The van der Waals surface area contributed by atoms with Gasteiger partial charge in [0, 0.05) is 5.92 Å². The molecule has 1 aliphatic heterocycles. The number of carboxylic acid groups (broad SMARTS) is 3. The van der Waals surface area contributed by atoms with Gasteiger partial charge in [-0.1, -0.05) is 51.9 Å². The van der Waals surface area contributed by atoms with Crippen molar-refractivity contribution in [3.8, 4) is 0 Å². The molecule has 0 aromatic heterocycles. The molecule has 29 heavy (non-hydrogen) atoms. The van der Waals surface area contributed by atoms with Crippen LogP contribution >= 0.6 is 0 Å². The minimum Gasteiger partial charge on any atom is -0.481 e. The normalized spacial score (nSPS) is 22.2. The highest BCUT2D eigenvalue weighted by atomic mass is 16.5. The van der Waals surface area contributed by atoms with Crippen molar-refractivity contribution in [1.82, 2.24) is 0 Å². The second-order valence-corrected chi connectivity index (χ2v) is 7.76. The van der Waals surface area contributed by atoms with Crippen molar-refractivity contribution in [2.24, 2.45) is 11.8 Å². The lowest BCUT2D eigenvalue weighted by molar-refractivity contribution is -0.181. The van der Waals surface area contributed by atoms with Crippen LogP contribution < -0.4 is 0 Å². The van der Waals surface area contributed by atoms with Gasteiger partial charge >= 0.3 is 17.9 Å². The molecule has 0 amide bonds. The largest absolute Gasteiger partial charge is 0.481 e. The highest BCUT2D eigenvalue weighted by Crippen LogP contribution is 2.32. The van der Waals surface area contributed by atoms with E-state index in [0.29, 0.717) is 6.42 Å². The molecule has 1 heterocycles. The maximum absolute atomic E-state index is 12.5. The topological polar surface area (TPSA) is 158 Å². The molecule has 0 aromatic rings. The van der Waals surface area contributed by atoms with Crippen LogP contribution in [-0.4, -0.2) is 62.4 Å². The fourth-order valence-corrected chi connectivity index (χ4v) is 3.71. The number of carbonyl (C=O) groups is 4. The van der Waals surface area contributed by atoms with Crippen molar-refractivity contribution in [2.45, 2.75) is 82.8 Å². The van der Waals surface area contributed by atoms with E-state index in [4.69, 9.17) is 9.84 Å². The smallest absolute Gasteiger partial charge is 0.337 e. The number of carbonyl (C=O) groups excluding carboxylic acids is 1. The predicted molar refractivity (Wildman–Crippen MR) is 101 cm³/mol. The lowest BCUT2D eigenvalue weighted by atomic mass is 9.79. The van der Waals surface area contributed by atoms with Gasteiger partial charge in [0.1, 0.15) is 6.10 Å². The summed E-state index contributed by atoms with van der Waals surface area (Å²) in [6.45, 7) is 2.27. The monoisotopic (exact) mass is 416 g/mol. The second-order valence-electron chi connectivity index (χ2n) is 7.76. The number of aliphatic carboxylic acids is 3. The zero-order valence-corrected chi connectivity index (χ0v) is 16.8. The van der Waals surface area contributed by atoms with Crippen LogP contribution in [0, 0.1) is 11.8 Å². The Bertz CT molecular complexity index is 589. The van der Waals surface area contributed by atoms with Crippen LogP contribution in [0.1, 0.15) is 71.1 Å². The van der Waals surface area contributed by atoms with E-state index in [1.54, 1.807) is 0 Å². The molecule has 0 saturated carbocycles. The Balaban J connectivity index is 2.62. The average Bonchev–Trinajstić information content (AvgIpc) is 2.97. The van der Waals surface area contributed by atoms with Gasteiger partial charge < -0.3 is 25.2 Å². The Morgan fingerprint density at radius 1 is 1.07 bits per heavy atom. The number of carboxylic acids is 3. The molecule has 0 aromatic carbocycles. The van der Waals surface area contributed by atoms with Crippen molar-refractivity contribution < 1.29 is 44.3 Å². The molecule has 9 nitrogen and oxygen atoms in total. The van der Waals surface area contributed by atoms with Crippen molar-refractivity contribution in [3.63, 3.8) is 0 Å². The highest BCUT2D eigenvalue weighted by molar-refractivity contribution is 5.91. The molecule has 4 atom stereocenters. The van der Waals surface area contributed by atoms with Gasteiger partial charge in [-0.25, -0.2) is 4.79 Å². The Labute approximate surface area is 170 Å². The minimum absolute atomic E-state index is 0.121. The van der Waals surface area contributed by atoms with Crippen LogP contribution in [-0.2, 0) is 23.9 Å². The summed E-state index contributed by atoms with van der Waals surface area (Å²) in [6, 6.07) is 0. The summed E-state index contributed by atoms with van der Waals surface area (Å²) in [5.74, 6) is -7.99. The van der Waals surface area contributed by atoms with Crippen LogP contribution in [0.3, 0.4) is 0 Å². The van der Waals surface area contributed by atoms with Crippen molar-refractivity contribution in [1.29, 1.82) is 0 Å². The number of unbranched alkanes of at least 4 members (excludes halogenated alkanes) is 6. The molecule has 0 spiro atoms. The van der Waals surface area contributed by atoms with E-state index in [9.17, 15) is 34.5 Å². The fraction of sp³-hybridized carbons (Fsp3) is 0.800. The number of ketones is 1. The zero-order valence-electron chi connectivity index (χ0n) is 16.8. The van der Waals surface area contributed by atoms with Gasteiger partial charge in [0.15, 0.2) is 11.4 Å². The van der Waals surface area contributed by atoms with E-state index in [2.05, 4.69) is 6.92 Å². The third-order valence-corrected chi connectivity index (χ3v) is 5.49. The first-order valence-corrected chi connectivity index (χ1v) is 10.2. The van der Waals surface area contributed by atoms with Crippen molar-refractivity contribution in [2.75, 3.05) is 6.61 Å². The van der Waals surface area contributed by atoms with Gasteiger partial charge in [-0.05, 0) is 12.8 Å². The van der Waals surface area contributed by atoms with Crippen LogP contribution in [0.5, 0.6) is 0 Å². The maximum Gasteiger partial charge on any atom is 0.337 e. The number of aliphatic hydroxyl groups is 1. The molecular weight excluding hydrogens is 384 g/mol. The quantitative estimate of drug-likeness (QED) is 0.293. The number of hydrogen-bond donors (Lipinski definition) is 4. The second kappa shape index (κ2) is 11.9. The summed E-state index contributed by atoms with van der Waals surface area (Å²) in [6.07, 6.45) is 5.25. The van der Waals surface area contributed by atoms with Gasteiger partial charge in [-0.3, -0.25) is 14.4 Å². The SMILES string of the molecule is CCCCCCCCCC1COC(CC(C(=O)O)C(O)(CC(=O)O)C(=O)O)C1=O. The Morgan fingerprint density at radius 3 is 2.17 bits per heavy atom. The average molecular weight is 416 g/mol. The van der Waals surface area contributed by atoms with Gasteiger partial charge in [0.25, 0.3) is 0 Å². The predicted octanol–water partition coefficient (Wildman–Crippen LogP) is 2.09. The Kier molecular flexibility index (Phi) is 10.2. The lowest BCUT2D eigenvalue weighted by Crippen LogP contribution is -2.52. The number of rotatable bonds is 15. The van der Waals surface area contributed by atoms with Gasteiger partial charge in [0.2, 0.25) is 0 Å². The number of hydrogen-bond acceptors (Lipinski definition) is 6. The molecule has 166 valence electrons. The van der Waals surface area contributed by atoms with Crippen LogP contribution in [0.25, 0.3) is 0 Å². The third kappa shape index (κ3) is 7.40. The number of Topliss-reactive ketones (excluding diaryl/α,β-unsaturated/α-hetero) is 1. The van der Waals surface area contributed by atoms with E-state index in [-0.39, 0.29) is 18.3 Å². The molecule has 1 saturated heterocycles. The fourth-order valence-electron chi connectivity index (χ4n) is 3.71. The summed E-state index contributed by atoms with van der Waals surface area (Å²) in [4.78, 5) is 46.4. The number of ether oxygens (including phenoxy) is 1. The molecule has 4 unspecified atom stereocenters. The van der Waals surface area contributed by atoms with Gasteiger partial charge in [0.05, 0.1) is 18.9 Å². The first-order chi connectivity index (χ1) is 13.6. The first kappa shape index (κ1) is 25.0. The first-order valence-electron chi connectivity index (χ1n) is 10.2. The molecule has 1 aliphatic rings. The van der Waals surface area contributed by atoms with E-state index >= 15 is 0 Å². The highest BCUT2D eigenvalue weighted by Gasteiger charge is 2.52. The summed E-state index contributed by atoms with van der Waals surface area (Å²) in [5.41, 5.74) is -3.03. The van der Waals surface area contributed by atoms with E-state index in [0.717, 1.165) is 25.7 Å². The Hall–Kier alpha value is -2.00. The maximum atomic E-state index is 12.5. The molecule has 1 rings (SSSR count). The summed E-state index contributed by atoms with van der Waals surface area (Å²) in [5, 5.41) is 37.7. The molecular formula is C20H32O9. The van der Waals surface area contributed by atoms with Crippen LogP contribution in [0.15, 0.2) is 0 Å². The van der Waals surface area contributed by atoms with Crippen LogP contribution in [0.2, 0.25) is 0 Å². The molecule has 9 heteroatoms. The lowest BCUT2D eigenvalue weighted by Gasteiger charge is -2.29. The molecule has 0 bridgehead atoms. The van der Waals surface area contributed by atoms with E-state index < -0.39 is 48.4 Å². The van der Waals surface area contributed by atoms with Gasteiger partial charge in [-0.15, -0.1) is 0 Å². The summed E-state index contributed by atoms with van der Waals surface area (Å²) < 4.78 is 5.38.